The van der Waals surface area contributed by atoms with Gasteiger partial charge in [-0.25, -0.2) is 0 Å². The van der Waals surface area contributed by atoms with Crippen molar-refractivity contribution in [2.45, 2.75) is 71.7 Å². The molecule has 2 atom stereocenters. The summed E-state index contributed by atoms with van der Waals surface area (Å²) in [4.78, 5) is 1.91. The van der Waals surface area contributed by atoms with Gasteiger partial charge in [-0.3, -0.25) is 0 Å². The van der Waals surface area contributed by atoms with E-state index in [2.05, 4.69) is 42.8 Å². The predicted octanol–water partition coefficient (Wildman–Crippen LogP) is 5.02. The molecule has 0 amide bonds. The molecule has 18 heavy (non-hydrogen) atoms. The molecular formula is C15H27BrO2. The SMILES string of the molecule is CCCCC(C)(C)C(C=CBr)OC1CCCCO1. The summed E-state index contributed by atoms with van der Waals surface area (Å²) >= 11 is 3.37. The van der Waals surface area contributed by atoms with Crippen molar-refractivity contribution in [2.24, 2.45) is 5.41 Å². The van der Waals surface area contributed by atoms with Crippen molar-refractivity contribution in [1.29, 1.82) is 0 Å². The number of halogens is 1. The Hall–Kier alpha value is 0.140. The molecule has 3 heteroatoms. The number of ether oxygens (including phenoxy) is 2. The second-order valence-electron chi connectivity index (χ2n) is 5.76. The van der Waals surface area contributed by atoms with Gasteiger partial charge in [-0.15, -0.1) is 0 Å². The highest BCUT2D eigenvalue weighted by Crippen LogP contribution is 2.33. The normalized spacial score (nSPS) is 23.4. The largest absolute Gasteiger partial charge is 0.353 e. The van der Waals surface area contributed by atoms with E-state index in [1.54, 1.807) is 0 Å². The molecule has 1 saturated heterocycles. The average molecular weight is 319 g/mol. The molecule has 0 aromatic carbocycles. The molecule has 1 aliphatic rings. The van der Waals surface area contributed by atoms with Gasteiger partial charge < -0.3 is 9.47 Å². The van der Waals surface area contributed by atoms with Crippen molar-refractivity contribution in [1.82, 2.24) is 0 Å². The Bertz CT molecular complexity index is 245. The van der Waals surface area contributed by atoms with E-state index in [4.69, 9.17) is 9.47 Å². The number of rotatable bonds is 7. The Kier molecular flexibility index (Phi) is 7.50. The maximum absolute atomic E-state index is 6.15. The second-order valence-corrected chi connectivity index (χ2v) is 6.29. The first-order valence-corrected chi connectivity index (χ1v) is 8.05. The number of hydrogen-bond acceptors (Lipinski definition) is 2. The Labute approximate surface area is 120 Å². The summed E-state index contributed by atoms with van der Waals surface area (Å²) in [6.45, 7) is 7.63. The van der Waals surface area contributed by atoms with Gasteiger partial charge >= 0.3 is 0 Å². The quantitative estimate of drug-likeness (QED) is 0.656. The molecule has 2 nitrogen and oxygen atoms in total. The molecule has 1 heterocycles. The minimum Gasteiger partial charge on any atom is -0.353 e. The lowest BCUT2D eigenvalue weighted by atomic mass is 9.81. The molecule has 1 rings (SSSR count). The summed E-state index contributed by atoms with van der Waals surface area (Å²) < 4.78 is 11.8. The van der Waals surface area contributed by atoms with Crippen molar-refractivity contribution in [3.05, 3.63) is 11.1 Å². The number of unbranched alkanes of at least 4 members (excludes halogenated alkanes) is 1. The Balaban J connectivity index is 2.56. The van der Waals surface area contributed by atoms with E-state index in [1.165, 1.54) is 25.7 Å². The van der Waals surface area contributed by atoms with E-state index in [1.807, 2.05) is 4.99 Å². The summed E-state index contributed by atoms with van der Waals surface area (Å²) in [5.41, 5.74) is 0.154. The molecule has 0 aromatic rings. The van der Waals surface area contributed by atoms with Crippen LogP contribution < -0.4 is 0 Å². The van der Waals surface area contributed by atoms with Crippen molar-refractivity contribution < 1.29 is 9.47 Å². The molecule has 106 valence electrons. The van der Waals surface area contributed by atoms with Gasteiger partial charge in [-0.2, -0.15) is 0 Å². The Morgan fingerprint density at radius 2 is 2.22 bits per heavy atom. The van der Waals surface area contributed by atoms with Gasteiger partial charge in [-0.1, -0.05) is 49.5 Å². The zero-order valence-electron chi connectivity index (χ0n) is 12.0. The summed E-state index contributed by atoms with van der Waals surface area (Å²) in [6, 6.07) is 0. The molecule has 1 aliphatic heterocycles. The van der Waals surface area contributed by atoms with Gasteiger partial charge in [0.2, 0.25) is 0 Å². The molecule has 1 fully saturated rings. The third kappa shape index (κ3) is 5.41. The van der Waals surface area contributed by atoms with E-state index in [9.17, 15) is 0 Å². The topological polar surface area (TPSA) is 18.5 Å². The van der Waals surface area contributed by atoms with E-state index in [0.29, 0.717) is 0 Å². The molecule has 2 unspecified atom stereocenters. The van der Waals surface area contributed by atoms with Gasteiger partial charge in [-0.05, 0) is 42.2 Å². The van der Waals surface area contributed by atoms with Crippen LogP contribution >= 0.6 is 15.9 Å². The minimum absolute atomic E-state index is 0.0200. The molecular weight excluding hydrogens is 292 g/mol. The van der Waals surface area contributed by atoms with Crippen LogP contribution in [0.25, 0.3) is 0 Å². The Morgan fingerprint density at radius 1 is 1.44 bits per heavy atom. The molecule has 0 saturated carbocycles. The van der Waals surface area contributed by atoms with Crippen LogP contribution in [0, 0.1) is 5.41 Å². The van der Waals surface area contributed by atoms with Crippen LogP contribution in [0.5, 0.6) is 0 Å². The van der Waals surface area contributed by atoms with Gasteiger partial charge in [0.05, 0.1) is 6.10 Å². The van der Waals surface area contributed by atoms with E-state index in [0.717, 1.165) is 19.4 Å². The molecule has 0 spiro atoms. The van der Waals surface area contributed by atoms with Crippen molar-refractivity contribution >= 4 is 15.9 Å². The molecule has 0 radical (unpaired) electrons. The van der Waals surface area contributed by atoms with Gasteiger partial charge in [0.15, 0.2) is 6.29 Å². The van der Waals surface area contributed by atoms with Crippen molar-refractivity contribution in [2.75, 3.05) is 6.61 Å². The molecule has 0 aromatic heterocycles. The van der Waals surface area contributed by atoms with Gasteiger partial charge in [0.25, 0.3) is 0 Å². The lowest BCUT2D eigenvalue weighted by molar-refractivity contribution is -0.197. The highest BCUT2D eigenvalue weighted by atomic mass is 79.9. The molecule has 0 N–H and O–H groups in total. The van der Waals surface area contributed by atoms with Gasteiger partial charge in [0.1, 0.15) is 0 Å². The van der Waals surface area contributed by atoms with E-state index >= 15 is 0 Å². The second kappa shape index (κ2) is 8.34. The Morgan fingerprint density at radius 3 is 2.78 bits per heavy atom. The van der Waals surface area contributed by atoms with Crippen molar-refractivity contribution in [3.63, 3.8) is 0 Å². The first-order chi connectivity index (χ1) is 8.60. The summed E-state index contributed by atoms with van der Waals surface area (Å²) in [5, 5.41) is 0. The third-order valence-electron chi connectivity index (χ3n) is 3.63. The van der Waals surface area contributed by atoms with Crippen molar-refractivity contribution in [3.8, 4) is 0 Å². The minimum atomic E-state index is -0.0200. The lowest BCUT2D eigenvalue weighted by Gasteiger charge is -2.36. The summed E-state index contributed by atoms with van der Waals surface area (Å²) in [5.74, 6) is 0. The monoisotopic (exact) mass is 318 g/mol. The van der Waals surface area contributed by atoms with Crippen LogP contribution in [-0.2, 0) is 9.47 Å². The maximum atomic E-state index is 6.15. The molecule has 0 bridgehead atoms. The fraction of sp³-hybridized carbons (Fsp3) is 0.867. The fourth-order valence-electron chi connectivity index (χ4n) is 2.31. The van der Waals surface area contributed by atoms with Crippen LogP contribution in [-0.4, -0.2) is 19.0 Å². The number of hydrogen-bond donors (Lipinski definition) is 0. The van der Waals surface area contributed by atoms with Crippen LogP contribution in [0.1, 0.15) is 59.3 Å². The highest BCUT2D eigenvalue weighted by Gasteiger charge is 2.30. The van der Waals surface area contributed by atoms with Crippen LogP contribution in [0.4, 0.5) is 0 Å². The fourth-order valence-corrected chi connectivity index (χ4v) is 2.59. The maximum Gasteiger partial charge on any atom is 0.158 e. The van der Waals surface area contributed by atoms with Crippen LogP contribution in [0.15, 0.2) is 11.1 Å². The standard InChI is InChI=1S/C15H27BrO2/c1-4-5-10-15(2,3)13(9-11-16)18-14-8-6-7-12-17-14/h9,11,13-14H,4-8,10,12H2,1-3H3. The highest BCUT2D eigenvalue weighted by molar-refractivity contribution is 9.11. The smallest absolute Gasteiger partial charge is 0.158 e. The summed E-state index contributed by atoms with van der Waals surface area (Å²) in [6.07, 6.45) is 9.26. The summed E-state index contributed by atoms with van der Waals surface area (Å²) in [7, 11) is 0. The first-order valence-electron chi connectivity index (χ1n) is 7.14. The zero-order valence-corrected chi connectivity index (χ0v) is 13.5. The predicted molar refractivity (Wildman–Crippen MR) is 79.8 cm³/mol. The zero-order chi connectivity index (χ0) is 13.4. The van der Waals surface area contributed by atoms with Crippen LogP contribution in [0.3, 0.4) is 0 Å². The lowest BCUT2D eigenvalue weighted by Crippen LogP contribution is -2.36. The van der Waals surface area contributed by atoms with Gasteiger partial charge in [0, 0.05) is 6.61 Å². The van der Waals surface area contributed by atoms with Crippen LogP contribution in [0.2, 0.25) is 0 Å². The average Bonchev–Trinajstić information content (AvgIpc) is 2.37. The third-order valence-corrected chi connectivity index (χ3v) is 3.93. The van der Waals surface area contributed by atoms with E-state index in [-0.39, 0.29) is 17.8 Å². The molecule has 0 aliphatic carbocycles. The first kappa shape index (κ1) is 16.2. The van der Waals surface area contributed by atoms with E-state index < -0.39 is 0 Å².